The third kappa shape index (κ3) is 4.38. The van der Waals surface area contributed by atoms with Crippen LogP contribution in [0.5, 0.6) is 5.75 Å². The van der Waals surface area contributed by atoms with Crippen molar-refractivity contribution in [2.45, 2.75) is 53.1 Å². The number of aryl methyl sites for hydroxylation is 2. The average molecular weight is 325 g/mol. The van der Waals surface area contributed by atoms with E-state index in [-0.39, 0.29) is 5.91 Å². The van der Waals surface area contributed by atoms with Gasteiger partial charge in [0.15, 0.2) is 6.10 Å². The molecule has 0 aromatic heterocycles. The molecule has 0 aliphatic heterocycles. The Morgan fingerprint density at radius 2 is 1.83 bits per heavy atom. The smallest absolute Gasteiger partial charge is 0.265 e. The third-order valence-electron chi connectivity index (χ3n) is 4.10. The van der Waals surface area contributed by atoms with Gasteiger partial charge in [-0.15, -0.1) is 0 Å². The summed E-state index contributed by atoms with van der Waals surface area (Å²) in [6.07, 6.45) is 0.106. The predicted molar refractivity (Wildman–Crippen MR) is 99.8 cm³/mol. The molecule has 2 aromatic carbocycles. The SMILES string of the molecule is CC[C@H](Oc1ccc(C)cc1C)C(=O)Nc1ccccc1C(C)C. The molecule has 0 fully saturated rings. The first-order chi connectivity index (χ1) is 11.4. The molecule has 0 aliphatic carbocycles. The van der Waals surface area contributed by atoms with E-state index in [4.69, 9.17) is 4.74 Å². The second kappa shape index (κ2) is 8.00. The maximum absolute atomic E-state index is 12.7. The largest absolute Gasteiger partial charge is 0.480 e. The number of carbonyl (C=O) groups is 1. The lowest BCUT2D eigenvalue weighted by Gasteiger charge is -2.20. The Balaban J connectivity index is 2.15. The van der Waals surface area contributed by atoms with E-state index in [9.17, 15) is 4.79 Å². The molecule has 1 atom stereocenters. The molecule has 1 amide bonds. The van der Waals surface area contributed by atoms with Gasteiger partial charge in [0.25, 0.3) is 5.91 Å². The number of nitrogens with one attached hydrogen (secondary N) is 1. The van der Waals surface area contributed by atoms with Crippen LogP contribution in [0.2, 0.25) is 0 Å². The van der Waals surface area contributed by atoms with Crippen molar-refractivity contribution < 1.29 is 9.53 Å². The first kappa shape index (κ1) is 18.1. The topological polar surface area (TPSA) is 38.3 Å². The van der Waals surface area contributed by atoms with E-state index in [0.717, 1.165) is 22.6 Å². The fourth-order valence-corrected chi connectivity index (χ4v) is 2.73. The Bertz CT molecular complexity index is 707. The molecule has 1 N–H and O–H groups in total. The molecular formula is C21H27NO2. The molecule has 0 heterocycles. The van der Waals surface area contributed by atoms with Crippen molar-refractivity contribution in [3.63, 3.8) is 0 Å². The fraction of sp³-hybridized carbons (Fsp3) is 0.381. The van der Waals surface area contributed by atoms with Crippen molar-refractivity contribution in [3.05, 3.63) is 59.2 Å². The number of rotatable bonds is 6. The molecule has 3 heteroatoms. The molecule has 0 spiro atoms. The lowest BCUT2D eigenvalue weighted by atomic mass is 10.0. The van der Waals surface area contributed by atoms with Crippen LogP contribution >= 0.6 is 0 Å². The highest BCUT2D eigenvalue weighted by Crippen LogP contribution is 2.25. The summed E-state index contributed by atoms with van der Waals surface area (Å²) in [5.74, 6) is 1.01. The number of amides is 1. The van der Waals surface area contributed by atoms with Gasteiger partial charge in [0, 0.05) is 5.69 Å². The summed E-state index contributed by atoms with van der Waals surface area (Å²) >= 11 is 0. The van der Waals surface area contributed by atoms with Crippen LogP contribution in [0.25, 0.3) is 0 Å². The molecule has 3 nitrogen and oxygen atoms in total. The van der Waals surface area contributed by atoms with E-state index in [1.165, 1.54) is 5.56 Å². The summed E-state index contributed by atoms with van der Waals surface area (Å²) in [7, 11) is 0. The van der Waals surface area contributed by atoms with Gasteiger partial charge in [-0.2, -0.15) is 0 Å². The maximum Gasteiger partial charge on any atom is 0.265 e. The minimum atomic E-state index is -0.508. The van der Waals surface area contributed by atoms with Crippen LogP contribution in [-0.2, 0) is 4.79 Å². The molecule has 24 heavy (non-hydrogen) atoms. The van der Waals surface area contributed by atoms with Crippen molar-refractivity contribution in [1.29, 1.82) is 0 Å². The number of ether oxygens (including phenoxy) is 1. The van der Waals surface area contributed by atoms with E-state index in [1.807, 2.05) is 57.2 Å². The number of benzene rings is 2. The molecule has 0 bridgehead atoms. The van der Waals surface area contributed by atoms with Gasteiger partial charge in [0.2, 0.25) is 0 Å². The van der Waals surface area contributed by atoms with Crippen molar-refractivity contribution in [2.24, 2.45) is 0 Å². The van der Waals surface area contributed by atoms with E-state index >= 15 is 0 Å². The number of hydrogen-bond donors (Lipinski definition) is 1. The lowest BCUT2D eigenvalue weighted by Crippen LogP contribution is -2.33. The minimum Gasteiger partial charge on any atom is -0.480 e. The van der Waals surface area contributed by atoms with E-state index in [1.54, 1.807) is 0 Å². The number of hydrogen-bond acceptors (Lipinski definition) is 2. The second-order valence-electron chi connectivity index (χ2n) is 6.51. The summed E-state index contributed by atoms with van der Waals surface area (Å²) in [5.41, 5.74) is 4.22. The van der Waals surface area contributed by atoms with E-state index < -0.39 is 6.10 Å². The lowest BCUT2D eigenvalue weighted by molar-refractivity contribution is -0.122. The predicted octanol–water partition coefficient (Wildman–Crippen LogP) is 5.22. The molecule has 0 radical (unpaired) electrons. The van der Waals surface area contributed by atoms with Gasteiger partial charge in [0.05, 0.1) is 0 Å². The average Bonchev–Trinajstić information content (AvgIpc) is 2.54. The van der Waals surface area contributed by atoms with Gasteiger partial charge in [-0.05, 0) is 49.4 Å². The van der Waals surface area contributed by atoms with Crippen LogP contribution in [0.15, 0.2) is 42.5 Å². The molecule has 2 aromatic rings. The van der Waals surface area contributed by atoms with Crippen LogP contribution in [0.4, 0.5) is 5.69 Å². The quantitative estimate of drug-likeness (QED) is 0.790. The number of para-hydroxylation sites is 1. The Kier molecular flexibility index (Phi) is 6.02. The highest BCUT2D eigenvalue weighted by molar-refractivity contribution is 5.95. The first-order valence-corrected chi connectivity index (χ1v) is 8.56. The van der Waals surface area contributed by atoms with E-state index in [2.05, 4.69) is 25.2 Å². The van der Waals surface area contributed by atoms with Gasteiger partial charge in [0.1, 0.15) is 5.75 Å². The monoisotopic (exact) mass is 325 g/mol. The Hall–Kier alpha value is -2.29. The second-order valence-corrected chi connectivity index (χ2v) is 6.51. The summed E-state index contributed by atoms with van der Waals surface area (Å²) in [6, 6.07) is 13.9. The van der Waals surface area contributed by atoms with Gasteiger partial charge < -0.3 is 10.1 Å². The molecule has 128 valence electrons. The number of anilines is 1. The van der Waals surface area contributed by atoms with Crippen molar-refractivity contribution in [1.82, 2.24) is 0 Å². The van der Waals surface area contributed by atoms with Crippen molar-refractivity contribution in [2.75, 3.05) is 5.32 Å². The maximum atomic E-state index is 12.7. The summed E-state index contributed by atoms with van der Waals surface area (Å²) in [4.78, 5) is 12.7. The van der Waals surface area contributed by atoms with Gasteiger partial charge in [-0.1, -0.05) is 56.7 Å². The van der Waals surface area contributed by atoms with Crippen molar-refractivity contribution in [3.8, 4) is 5.75 Å². The zero-order valence-electron chi connectivity index (χ0n) is 15.2. The molecule has 0 aliphatic rings. The normalized spacial score (nSPS) is 12.1. The third-order valence-corrected chi connectivity index (χ3v) is 4.10. The Morgan fingerprint density at radius 3 is 2.46 bits per heavy atom. The zero-order chi connectivity index (χ0) is 17.7. The molecular weight excluding hydrogens is 298 g/mol. The molecule has 2 rings (SSSR count). The Labute approximate surface area is 145 Å². The van der Waals surface area contributed by atoms with Crippen LogP contribution in [0.1, 0.15) is 49.8 Å². The molecule has 0 unspecified atom stereocenters. The first-order valence-electron chi connectivity index (χ1n) is 8.56. The highest BCUT2D eigenvalue weighted by Gasteiger charge is 2.20. The Morgan fingerprint density at radius 1 is 1.12 bits per heavy atom. The van der Waals surface area contributed by atoms with Crippen LogP contribution < -0.4 is 10.1 Å². The minimum absolute atomic E-state index is 0.106. The number of carbonyl (C=O) groups excluding carboxylic acids is 1. The van der Waals surface area contributed by atoms with Crippen LogP contribution in [-0.4, -0.2) is 12.0 Å². The summed E-state index contributed by atoms with van der Waals surface area (Å²) in [6.45, 7) is 10.2. The van der Waals surface area contributed by atoms with Crippen LogP contribution in [0, 0.1) is 13.8 Å². The summed E-state index contributed by atoms with van der Waals surface area (Å²) in [5, 5.41) is 3.03. The van der Waals surface area contributed by atoms with Crippen LogP contribution in [0.3, 0.4) is 0 Å². The molecule has 0 saturated carbocycles. The summed E-state index contributed by atoms with van der Waals surface area (Å²) < 4.78 is 5.97. The standard InChI is InChI=1S/C21H27NO2/c1-6-19(24-20-12-11-15(4)13-16(20)5)21(23)22-18-10-8-7-9-17(18)14(2)3/h7-14,19H,6H2,1-5H3,(H,22,23)/t19-/m0/s1. The highest BCUT2D eigenvalue weighted by atomic mass is 16.5. The van der Waals surface area contributed by atoms with E-state index in [0.29, 0.717) is 12.3 Å². The van der Waals surface area contributed by atoms with Gasteiger partial charge in [-0.25, -0.2) is 0 Å². The van der Waals surface area contributed by atoms with Gasteiger partial charge >= 0.3 is 0 Å². The zero-order valence-corrected chi connectivity index (χ0v) is 15.2. The van der Waals surface area contributed by atoms with Gasteiger partial charge in [-0.3, -0.25) is 4.79 Å². The van der Waals surface area contributed by atoms with Crippen molar-refractivity contribution >= 4 is 11.6 Å². The fourth-order valence-electron chi connectivity index (χ4n) is 2.73. The molecule has 0 saturated heterocycles.